The molecule has 2 aromatic heterocycles. The summed E-state index contributed by atoms with van der Waals surface area (Å²) in [5, 5.41) is 7.61. The average molecular weight is 405 g/mol. The molecule has 29 heavy (non-hydrogen) atoms. The Morgan fingerprint density at radius 2 is 1.76 bits per heavy atom. The maximum atomic E-state index is 14.6. The molecular formula is C20H19F4N5. The summed E-state index contributed by atoms with van der Waals surface area (Å²) < 4.78 is 54.6. The third-order valence-corrected chi connectivity index (χ3v) is 4.87. The minimum atomic E-state index is -4.47. The van der Waals surface area contributed by atoms with Gasteiger partial charge in [-0.25, -0.2) is 14.1 Å². The van der Waals surface area contributed by atoms with E-state index in [2.05, 4.69) is 20.3 Å². The van der Waals surface area contributed by atoms with Gasteiger partial charge in [0.05, 0.1) is 17.5 Å². The van der Waals surface area contributed by atoms with Crippen molar-refractivity contribution in [3.63, 3.8) is 0 Å². The second-order valence-corrected chi connectivity index (χ2v) is 6.84. The Balaban J connectivity index is 1.76. The van der Waals surface area contributed by atoms with E-state index < -0.39 is 17.6 Å². The van der Waals surface area contributed by atoms with Gasteiger partial charge in [-0.15, -0.1) is 0 Å². The lowest BCUT2D eigenvalue weighted by atomic mass is 10.1. The maximum Gasteiger partial charge on any atom is 0.417 e. The van der Waals surface area contributed by atoms with Crippen LogP contribution in [0.1, 0.15) is 11.1 Å². The molecule has 1 N–H and O–H groups in total. The van der Waals surface area contributed by atoms with Crippen LogP contribution < -0.4 is 5.32 Å². The molecule has 0 atom stereocenters. The van der Waals surface area contributed by atoms with Crippen LogP contribution in [0.15, 0.2) is 48.8 Å². The van der Waals surface area contributed by atoms with Gasteiger partial charge in [0, 0.05) is 50.0 Å². The van der Waals surface area contributed by atoms with Crippen molar-refractivity contribution in [1.82, 2.24) is 25.0 Å². The molecule has 1 aliphatic heterocycles. The molecule has 3 aromatic rings. The van der Waals surface area contributed by atoms with Crippen LogP contribution in [0.2, 0.25) is 0 Å². The summed E-state index contributed by atoms with van der Waals surface area (Å²) >= 11 is 0. The minimum Gasteiger partial charge on any atom is -0.314 e. The van der Waals surface area contributed by atoms with Crippen LogP contribution in [0, 0.1) is 5.82 Å². The van der Waals surface area contributed by atoms with E-state index in [4.69, 9.17) is 0 Å². The molecular weight excluding hydrogens is 386 g/mol. The van der Waals surface area contributed by atoms with Crippen LogP contribution in [-0.4, -0.2) is 45.8 Å². The fourth-order valence-corrected chi connectivity index (χ4v) is 3.40. The molecule has 0 spiro atoms. The molecule has 0 saturated carbocycles. The molecule has 1 aliphatic rings. The zero-order valence-electron chi connectivity index (χ0n) is 15.5. The minimum absolute atomic E-state index is 0.197. The van der Waals surface area contributed by atoms with Gasteiger partial charge in [-0.2, -0.15) is 18.3 Å². The maximum absolute atomic E-state index is 14.6. The lowest BCUT2D eigenvalue weighted by molar-refractivity contribution is -0.137. The van der Waals surface area contributed by atoms with Gasteiger partial charge in [0.15, 0.2) is 5.82 Å². The first kappa shape index (κ1) is 19.5. The molecule has 0 aliphatic carbocycles. The largest absolute Gasteiger partial charge is 0.417 e. The van der Waals surface area contributed by atoms with Gasteiger partial charge < -0.3 is 5.32 Å². The van der Waals surface area contributed by atoms with Crippen molar-refractivity contribution < 1.29 is 17.6 Å². The zero-order chi connectivity index (χ0) is 20.4. The van der Waals surface area contributed by atoms with Crippen molar-refractivity contribution in [2.45, 2.75) is 12.7 Å². The van der Waals surface area contributed by atoms with E-state index in [0.29, 0.717) is 17.8 Å². The van der Waals surface area contributed by atoms with E-state index >= 15 is 0 Å². The van der Waals surface area contributed by atoms with Crippen LogP contribution in [0.4, 0.5) is 17.6 Å². The van der Waals surface area contributed by atoms with Gasteiger partial charge in [-0.3, -0.25) is 4.90 Å². The van der Waals surface area contributed by atoms with Crippen molar-refractivity contribution in [1.29, 1.82) is 0 Å². The molecule has 0 bridgehead atoms. The molecule has 3 heterocycles. The van der Waals surface area contributed by atoms with Crippen LogP contribution in [0.5, 0.6) is 0 Å². The van der Waals surface area contributed by atoms with Gasteiger partial charge in [-0.05, 0) is 24.3 Å². The fourth-order valence-electron chi connectivity index (χ4n) is 3.40. The second-order valence-electron chi connectivity index (χ2n) is 6.84. The number of aromatic nitrogens is 3. The zero-order valence-corrected chi connectivity index (χ0v) is 15.5. The number of halogens is 4. The standard InChI is InChI=1S/C20H19F4N5/c21-17-4-2-1-3-16(17)19-14(13-28-9-7-25-8-10-28)11-27-29(19)18-6-5-15(12-26-18)20(22,23)24/h1-6,11-12,25H,7-10,13H2. The molecule has 1 aromatic carbocycles. The van der Waals surface area contributed by atoms with Crippen LogP contribution in [0.3, 0.4) is 0 Å². The number of benzene rings is 1. The van der Waals surface area contributed by atoms with Crippen LogP contribution >= 0.6 is 0 Å². The van der Waals surface area contributed by atoms with Gasteiger partial charge in [-0.1, -0.05) is 12.1 Å². The van der Waals surface area contributed by atoms with E-state index in [9.17, 15) is 17.6 Å². The molecule has 0 radical (unpaired) electrons. The Bertz CT molecular complexity index is 975. The Labute approximate surface area is 165 Å². The Morgan fingerprint density at radius 1 is 1.00 bits per heavy atom. The van der Waals surface area contributed by atoms with E-state index in [1.807, 2.05) is 0 Å². The van der Waals surface area contributed by atoms with E-state index in [1.54, 1.807) is 24.4 Å². The fraction of sp³-hybridized carbons (Fsp3) is 0.300. The van der Waals surface area contributed by atoms with Crippen molar-refractivity contribution in [3.8, 4) is 17.1 Å². The number of rotatable bonds is 4. The summed E-state index contributed by atoms with van der Waals surface area (Å²) in [4.78, 5) is 6.15. The molecule has 4 rings (SSSR count). The van der Waals surface area contributed by atoms with Crippen molar-refractivity contribution in [3.05, 3.63) is 65.7 Å². The first-order valence-corrected chi connectivity index (χ1v) is 9.22. The summed E-state index contributed by atoms with van der Waals surface area (Å²) in [5.41, 5.74) is 0.770. The van der Waals surface area contributed by atoms with Crippen molar-refractivity contribution in [2.24, 2.45) is 0 Å². The molecule has 152 valence electrons. The van der Waals surface area contributed by atoms with Crippen LogP contribution in [-0.2, 0) is 12.7 Å². The highest BCUT2D eigenvalue weighted by atomic mass is 19.4. The highest BCUT2D eigenvalue weighted by Gasteiger charge is 2.31. The monoisotopic (exact) mass is 405 g/mol. The summed E-state index contributed by atoms with van der Waals surface area (Å²) in [5.74, 6) is -0.231. The molecule has 5 nitrogen and oxygen atoms in total. The number of pyridine rings is 1. The van der Waals surface area contributed by atoms with Gasteiger partial charge in [0.25, 0.3) is 0 Å². The molecule has 1 saturated heterocycles. The summed E-state index contributed by atoms with van der Waals surface area (Å²) in [6.45, 7) is 3.99. The Morgan fingerprint density at radius 3 is 2.41 bits per heavy atom. The average Bonchev–Trinajstić information content (AvgIpc) is 3.12. The predicted octanol–water partition coefficient (Wildman–Crippen LogP) is 3.50. The number of hydrogen-bond acceptors (Lipinski definition) is 4. The Hall–Kier alpha value is -2.78. The molecule has 0 unspecified atom stereocenters. The van der Waals surface area contributed by atoms with Crippen molar-refractivity contribution >= 4 is 0 Å². The van der Waals surface area contributed by atoms with Gasteiger partial charge >= 0.3 is 6.18 Å². The number of nitrogens with one attached hydrogen (secondary N) is 1. The normalized spacial score (nSPS) is 15.6. The highest BCUT2D eigenvalue weighted by molar-refractivity contribution is 5.66. The topological polar surface area (TPSA) is 46.0 Å². The highest BCUT2D eigenvalue weighted by Crippen LogP contribution is 2.31. The first-order valence-electron chi connectivity index (χ1n) is 9.22. The van der Waals surface area contributed by atoms with Crippen molar-refractivity contribution in [2.75, 3.05) is 26.2 Å². The van der Waals surface area contributed by atoms with Crippen LogP contribution in [0.25, 0.3) is 17.1 Å². The summed E-state index contributed by atoms with van der Waals surface area (Å²) in [6.07, 6.45) is -2.08. The van der Waals surface area contributed by atoms with E-state index in [0.717, 1.165) is 44.0 Å². The molecule has 1 fully saturated rings. The third kappa shape index (κ3) is 4.15. The predicted molar refractivity (Wildman–Crippen MR) is 99.9 cm³/mol. The molecule has 9 heteroatoms. The quantitative estimate of drug-likeness (QED) is 0.675. The number of nitrogens with zero attached hydrogens (tertiary/aromatic N) is 4. The number of hydrogen-bond donors (Lipinski definition) is 1. The van der Waals surface area contributed by atoms with E-state index in [1.165, 1.54) is 16.8 Å². The summed E-state index contributed by atoms with van der Waals surface area (Å²) in [7, 11) is 0. The lowest BCUT2D eigenvalue weighted by Crippen LogP contribution is -2.42. The first-order chi connectivity index (χ1) is 13.9. The molecule has 0 amide bonds. The summed E-state index contributed by atoms with van der Waals surface area (Å²) in [6, 6.07) is 8.48. The van der Waals surface area contributed by atoms with Gasteiger partial charge in [0.1, 0.15) is 5.82 Å². The number of alkyl halides is 3. The van der Waals surface area contributed by atoms with Gasteiger partial charge in [0.2, 0.25) is 0 Å². The third-order valence-electron chi connectivity index (χ3n) is 4.87. The SMILES string of the molecule is Fc1ccccc1-c1c(CN2CCNCC2)cnn1-c1ccc(C(F)(F)F)cn1. The number of piperazine rings is 1. The second kappa shape index (κ2) is 7.92. The van der Waals surface area contributed by atoms with E-state index in [-0.39, 0.29) is 5.82 Å². The Kier molecular flexibility index (Phi) is 5.33. The lowest BCUT2D eigenvalue weighted by Gasteiger charge is -2.27. The smallest absolute Gasteiger partial charge is 0.314 e.